The van der Waals surface area contributed by atoms with Gasteiger partial charge in [0.2, 0.25) is 0 Å². The molecule has 0 aliphatic heterocycles. The Hall–Kier alpha value is -2.73. The van der Waals surface area contributed by atoms with E-state index in [4.69, 9.17) is 0 Å². The lowest BCUT2D eigenvalue weighted by Crippen LogP contribution is -2.10. The van der Waals surface area contributed by atoms with Gasteiger partial charge in [-0.1, -0.05) is 19.1 Å². The van der Waals surface area contributed by atoms with Crippen LogP contribution in [0.1, 0.15) is 27.0 Å². The zero-order chi connectivity index (χ0) is 17.1. The highest BCUT2D eigenvalue weighted by atomic mass is 32.1. The topological polar surface area (TPSA) is 75.1 Å². The van der Waals surface area contributed by atoms with Gasteiger partial charge in [-0.25, -0.2) is 9.97 Å². The third-order valence-corrected chi connectivity index (χ3v) is 4.73. The average molecular weight is 339 g/mol. The van der Waals surface area contributed by atoms with Crippen LogP contribution in [0.25, 0.3) is 11.4 Å². The highest BCUT2D eigenvalue weighted by molar-refractivity contribution is 7.14. The Labute approximate surface area is 144 Å². The predicted molar refractivity (Wildman–Crippen MR) is 95.5 cm³/mol. The number of thiophene rings is 1. The van der Waals surface area contributed by atoms with Crippen molar-refractivity contribution in [2.24, 2.45) is 0 Å². The minimum Gasteiger partial charge on any atom is -0.508 e. The SMILES string of the molecule is CCc1cc(C(=O)Nc2cnc(-c3cccc(O)c3)nc2)sc1C. The normalized spacial score (nSPS) is 10.6. The summed E-state index contributed by atoms with van der Waals surface area (Å²) >= 11 is 1.49. The second kappa shape index (κ2) is 6.80. The van der Waals surface area contributed by atoms with Crippen molar-refractivity contribution >= 4 is 22.9 Å². The number of aromatic hydroxyl groups is 1. The van der Waals surface area contributed by atoms with Gasteiger partial charge in [-0.15, -0.1) is 11.3 Å². The second-order valence-corrected chi connectivity index (χ2v) is 6.60. The number of benzene rings is 1. The van der Waals surface area contributed by atoms with Crippen LogP contribution >= 0.6 is 11.3 Å². The fourth-order valence-electron chi connectivity index (χ4n) is 2.36. The third kappa shape index (κ3) is 3.44. The number of rotatable bonds is 4. The van der Waals surface area contributed by atoms with E-state index in [2.05, 4.69) is 22.2 Å². The number of amides is 1. The molecule has 1 aromatic carbocycles. The van der Waals surface area contributed by atoms with E-state index >= 15 is 0 Å². The minimum atomic E-state index is -0.156. The molecule has 0 aliphatic carbocycles. The molecule has 24 heavy (non-hydrogen) atoms. The lowest BCUT2D eigenvalue weighted by Gasteiger charge is -2.04. The van der Waals surface area contributed by atoms with Crippen LogP contribution in [0.15, 0.2) is 42.7 Å². The summed E-state index contributed by atoms with van der Waals surface area (Å²) in [5, 5.41) is 12.3. The number of aromatic nitrogens is 2. The largest absolute Gasteiger partial charge is 0.508 e. The lowest BCUT2D eigenvalue weighted by atomic mass is 10.2. The molecule has 0 spiro atoms. The van der Waals surface area contributed by atoms with Gasteiger partial charge >= 0.3 is 0 Å². The molecular weight excluding hydrogens is 322 g/mol. The predicted octanol–water partition coefficient (Wildman–Crippen LogP) is 4.03. The molecule has 0 radical (unpaired) electrons. The molecule has 0 aliphatic rings. The summed E-state index contributed by atoms with van der Waals surface area (Å²) in [4.78, 5) is 22.6. The summed E-state index contributed by atoms with van der Waals surface area (Å²) in [7, 11) is 0. The van der Waals surface area contributed by atoms with Crippen LogP contribution in [0.4, 0.5) is 5.69 Å². The molecular formula is C18H17N3O2S. The fourth-order valence-corrected chi connectivity index (χ4v) is 3.37. The van der Waals surface area contributed by atoms with E-state index < -0.39 is 0 Å². The van der Waals surface area contributed by atoms with Crippen LogP contribution < -0.4 is 5.32 Å². The van der Waals surface area contributed by atoms with E-state index in [0.717, 1.165) is 11.3 Å². The van der Waals surface area contributed by atoms with Crippen molar-refractivity contribution in [1.29, 1.82) is 0 Å². The molecule has 0 fully saturated rings. The lowest BCUT2D eigenvalue weighted by molar-refractivity contribution is 0.103. The molecule has 0 unspecified atom stereocenters. The van der Waals surface area contributed by atoms with E-state index in [9.17, 15) is 9.90 Å². The molecule has 6 heteroatoms. The number of hydrogen-bond acceptors (Lipinski definition) is 5. The molecule has 0 bridgehead atoms. The molecule has 5 nitrogen and oxygen atoms in total. The maximum absolute atomic E-state index is 12.3. The molecule has 1 amide bonds. The average Bonchev–Trinajstić information content (AvgIpc) is 2.96. The van der Waals surface area contributed by atoms with E-state index in [1.165, 1.54) is 16.9 Å². The van der Waals surface area contributed by atoms with Gasteiger partial charge in [0, 0.05) is 10.4 Å². The number of aryl methyl sites for hydroxylation is 2. The highest BCUT2D eigenvalue weighted by Gasteiger charge is 2.12. The molecule has 2 N–H and O–H groups in total. The van der Waals surface area contributed by atoms with Crippen molar-refractivity contribution in [2.45, 2.75) is 20.3 Å². The first kappa shape index (κ1) is 16.1. The summed E-state index contributed by atoms with van der Waals surface area (Å²) in [6.07, 6.45) is 4.04. The summed E-state index contributed by atoms with van der Waals surface area (Å²) in [6, 6.07) is 8.65. The Kier molecular flexibility index (Phi) is 4.57. The Bertz CT molecular complexity index is 872. The third-order valence-electron chi connectivity index (χ3n) is 3.64. The van der Waals surface area contributed by atoms with E-state index in [0.29, 0.717) is 22.0 Å². The molecule has 3 rings (SSSR count). The number of carbonyl (C=O) groups excluding carboxylic acids is 1. The van der Waals surface area contributed by atoms with Gasteiger partial charge in [-0.05, 0) is 37.1 Å². The van der Waals surface area contributed by atoms with E-state index in [1.54, 1.807) is 30.6 Å². The van der Waals surface area contributed by atoms with Crippen molar-refractivity contribution in [3.63, 3.8) is 0 Å². The summed E-state index contributed by atoms with van der Waals surface area (Å²) in [6.45, 7) is 4.10. The minimum absolute atomic E-state index is 0.156. The first-order chi connectivity index (χ1) is 11.6. The molecule has 0 saturated heterocycles. The van der Waals surface area contributed by atoms with E-state index in [-0.39, 0.29) is 11.7 Å². The van der Waals surface area contributed by atoms with Crippen LogP contribution in [0.5, 0.6) is 5.75 Å². The standard InChI is InChI=1S/C18H17N3O2S/c1-3-12-8-16(24-11(12)2)18(23)21-14-9-19-17(20-10-14)13-5-4-6-15(22)7-13/h4-10,22H,3H2,1-2H3,(H,21,23). The van der Waals surface area contributed by atoms with Crippen LogP contribution in [-0.2, 0) is 6.42 Å². The van der Waals surface area contributed by atoms with Gasteiger partial charge in [0.1, 0.15) is 5.75 Å². The quantitative estimate of drug-likeness (QED) is 0.752. The maximum atomic E-state index is 12.3. The maximum Gasteiger partial charge on any atom is 0.265 e. The van der Waals surface area contributed by atoms with Gasteiger partial charge < -0.3 is 10.4 Å². The zero-order valence-corrected chi connectivity index (χ0v) is 14.2. The number of phenols is 1. The number of anilines is 1. The van der Waals surface area contributed by atoms with Crippen molar-refractivity contribution < 1.29 is 9.90 Å². The van der Waals surface area contributed by atoms with Gasteiger partial charge in [-0.3, -0.25) is 4.79 Å². The highest BCUT2D eigenvalue weighted by Crippen LogP contribution is 2.23. The monoisotopic (exact) mass is 339 g/mol. The number of carbonyl (C=O) groups is 1. The van der Waals surface area contributed by atoms with Crippen molar-refractivity contribution in [2.75, 3.05) is 5.32 Å². The van der Waals surface area contributed by atoms with Crippen molar-refractivity contribution in [3.8, 4) is 17.1 Å². The Balaban J connectivity index is 1.75. The van der Waals surface area contributed by atoms with Crippen LogP contribution in [0, 0.1) is 6.92 Å². The summed E-state index contributed by atoms with van der Waals surface area (Å²) < 4.78 is 0. The van der Waals surface area contributed by atoms with Crippen LogP contribution in [0.3, 0.4) is 0 Å². The Morgan fingerprint density at radius 2 is 2.00 bits per heavy atom. The number of hydrogen-bond donors (Lipinski definition) is 2. The van der Waals surface area contributed by atoms with E-state index in [1.807, 2.05) is 19.1 Å². The molecule has 0 atom stereocenters. The van der Waals surface area contributed by atoms with Gasteiger partial charge in [0.25, 0.3) is 5.91 Å². The zero-order valence-electron chi connectivity index (χ0n) is 13.4. The second-order valence-electron chi connectivity index (χ2n) is 5.35. The first-order valence-corrected chi connectivity index (χ1v) is 8.40. The Morgan fingerprint density at radius 1 is 1.25 bits per heavy atom. The molecule has 3 aromatic rings. The Morgan fingerprint density at radius 3 is 2.62 bits per heavy atom. The number of phenolic OH excluding ortho intramolecular Hbond substituents is 1. The molecule has 122 valence electrons. The smallest absolute Gasteiger partial charge is 0.265 e. The van der Waals surface area contributed by atoms with Crippen molar-refractivity contribution in [1.82, 2.24) is 9.97 Å². The van der Waals surface area contributed by atoms with Gasteiger partial charge in [-0.2, -0.15) is 0 Å². The fraction of sp³-hybridized carbons (Fsp3) is 0.167. The van der Waals surface area contributed by atoms with Gasteiger partial charge in [0.15, 0.2) is 5.82 Å². The number of nitrogens with one attached hydrogen (secondary N) is 1. The summed E-state index contributed by atoms with van der Waals surface area (Å²) in [5.41, 5.74) is 2.45. The van der Waals surface area contributed by atoms with Crippen LogP contribution in [0.2, 0.25) is 0 Å². The van der Waals surface area contributed by atoms with Crippen molar-refractivity contribution in [3.05, 3.63) is 58.0 Å². The molecule has 2 aromatic heterocycles. The van der Waals surface area contributed by atoms with Gasteiger partial charge in [0.05, 0.1) is 23.0 Å². The molecule has 0 saturated carbocycles. The summed E-state index contributed by atoms with van der Waals surface area (Å²) in [5.74, 6) is 0.494. The first-order valence-electron chi connectivity index (χ1n) is 7.59. The number of nitrogens with zero attached hydrogens (tertiary/aromatic N) is 2. The molecule has 2 heterocycles. The van der Waals surface area contributed by atoms with Crippen LogP contribution in [-0.4, -0.2) is 21.0 Å².